The van der Waals surface area contributed by atoms with Gasteiger partial charge in [-0.2, -0.15) is 0 Å². The van der Waals surface area contributed by atoms with E-state index in [1.54, 1.807) is 10.9 Å². The molecule has 1 atom stereocenters. The van der Waals surface area contributed by atoms with Crippen LogP contribution in [-0.2, 0) is 6.54 Å². The van der Waals surface area contributed by atoms with Crippen LogP contribution in [0.2, 0.25) is 0 Å². The molecule has 0 spiro atoms. The van der Waals surface area contributed by atoms with Crippen molar-refractivity contribution in [3.8, 4) is 5.82 Å². The summed E-state index contributed by atoms with van der Waals surface area (Å²) in [6, 6.07) is 3.80. The molecule has 2 N–H and O–H groups in total. The Hall–Kier alpha value is -2.25. The fraction of sp³-hybridized carbons (Fsp3) is 0.250. The van der Waals surface area contributed by atoms with E-state index in [0.717, 1.165) is 5.52 Å². The molecule has 0 radical (unpaired) electrons. The predicted molar refractivity (Wildman–Crippen MR) is 67.7 cm³/mol. The molecule has 0 aromatic carbocycles. The maximum Gasteiger partial charge on any atom is 0.183 e. The van der Waals surface area contributed by atoms with E-state index in [1.165, 1.54) is 6.33 Å². The van der Waals surface area contributed by atoms with E-state index in [0.29, 0.717) is 11.5 Å². The normalized spacial score (nSPS) is 12.9. The highest BCUT2D eigenvalue weighted by atomic mass is 16.3. The Morgan fingerprint density at radius 3 is 2.68 bits per heavy atom. The van der Waals surface area contributed by atoms with E-state index >= 15 is 0 Å². The average molecular weight is 259 g/mol. The number of hydrogen-bond acceptors (Lipinski definition) is 5. The van der Waals surface area contributed by atoms with Gasteiger partial charge in [0.2, 0.25) is 0 Å². The quantitative estimate of drug-likeness (QED) is 0.687. The van der Waals surface area contributed by atoms with Gasteiger partial charge in [0.05, 0.1) is 25.6 Å². The van der Waals surface area contributed by atoms with Gasteiger partial charge in [-0.25, -0.2) is 15.0 Å². The minimum Gasteiger partial charge on any atom is -0.394 e. The maximum absolute atomic E-state index is 9.56. The van der Waals surface area contributed by atoms with Crippen molar-refractivity contribution in [3.05, 3.63) is 37.2 Å². The molecule has 0 saturated heterocycles. The first kappa shape index (κ1) is 11.8. The molecule has 3 aromatic heterocycles. The Labute approximate surface area is 108 Å². The fourth-order valence-electron chi connectivity index (χ4n) is 1.98. The molecule has 0 aliphatic carbocycles. The third-order valence-electron chi connectivity index (χ3n) is 2.86. The van der Waals surface area contributed by atoms with Crippen molar-refractivity contribution in [3.63, 3.8) is 0 Å². The van der Waals surface area contributed by atoms with Crippen LogP contribution < -0.4 is 0 Å². The number of imidazole rings is 1. The molecule has 3 aromatic rings. The van der Waals surface area contributed by atoms with Crippen molar-refractivity contribution in [1.29, 1.82) is 0 Å². The van der Waals surface area contributed by atoms with Crippen LogP contribution in [0.25, 0.3) is 17.0 Å². The molecule has 3 heterocycles. The number of rotatable bonds is 4. The molecule has 0 aliphatic heterocycles. The van der Waals surface area contributed by atoms with Crippen LogP contribution in [0.15, 0.2) is 37.2 Å². The average Bonchev–Trinajstić information content (AvgIpc) is 3.08. The third kappa shape index (κ3) is 2.09. The summed E-state index contributed by atoms with van der Waals surface area (Å²) in [6.45, 7) is -0.0547. The van der Waals surface area contributed by atoms with Gasteiger partial charge in [-0.3, -0.25) is 0 Å². The zero-order valence-corrected chi connectivity index (χ0v) is 10.1. The summed E-state index contributed by atoms with van der Waals surface area (Å²) in [7, 11) is 0. The van der Waals surface area contributed by atoms with Crippen molar-refractivity contribution < 1.29 is 10.2 Å². The lowest BCUT2D eigenvalue weighted by atomic mass is 10.3. The van der Waals surface area contributed by atoms with Crippen LogP contribution in [0.5, 0.6) is 0 Å². The molecule has 0 amide bonds. The Morgan fingerprint density at radius 2 is 1.95 bits per heavy atom. The topological polar surface area (TPSA) is 89.0 Å². The molecule has 0 saturated carbocycles. The summed E-state index contributed by atoms with van der Waals surface area (Å²) in [6.07, 6.45) is 5.96. The summed E-state index contributed by atoms with van der Waals surface area (Å²) < 4.78 is 3.60. The Balaban J connectivity index is 2.14. The molecule has 3 rings (SSSR count). The number of aliphatic hydroxyl groups excluding tert-OH is 2. The number of hydrogen-bond donors (Lipinski definition) is 2. The molecule has 0 fully saturated rings. The predicted octanol–water partition coefficient (Wildman–Crippen LogP) is -0.0298. The summed E-state index contributed by atoms with van der Waals surface area (Å²) in [5, 5.41) is 18.5. The highest BCUT2D eigenvalue weighted by Crippen LogP contribution is 2.18. The van der Waals surface area contributed by atoms with Gasteiger partial charge in [0, 0.05) is 12.4 Å². The lowest BCUT2D eigenvalue weighted by molar-refractivity contribution is 0.0821. The van der Waals surface area contributed by atoms with E-state index in [2.05, 4.69) is 15.0 Å². The molecule has 0 aliphatic rings. The molecule has 19 heavy (non-hydrogen) atoms. The SMILES string of the molecule is OCC(O)Cn1cnc2ncnc(-n3cccc3)c21. The van der Waals surface area contributed by atoms with Gasteiger partial charge in [-0.15, -0.1) is 0 Å². The maximum atomic E-state index is 9.56. The second kappa shape index (κ2) is 4.79. The number of aromatic nitrogens is 5. The number of nitrogens with zero attached hydrogens (tertiary/aromatic N) is 5. The minimum absolute atomic E-state index is 0.245. The van der Waals surface area contributed by atoms with Gasteiger partial charge in [0.15, 0.2) is 11.5 Å². The van der Waals surface area contributed by atoms with E-state index in [-0.39, 0.29) is 13.2 Å². The molecule has 7 nitrogen and oxygen atoms in total. The van der Waals surface area contributed by atoms with Crippen LogP contribution in [0.3, 0.4) is 0 Å². The largest absolute Gasteiger partial charge is 0.394 e. The Bertz CT molecular complexity index is 677. The number of aliphatic hydroxyl groups is 2. The van der Waals surface area contributed by atoms with Crippen LogP contribution in [0, 0.1) is 0 Å². The van der Waals surface area contributed by atoms with Gasteiger partial charge >= 0.3 is 0 Å². The number of fused-ring (bicyclic) bond motifs is 1. The van der Waals surface area contributed by atoms with Gasteiger partial charge in [0.1, 0.15) is 11.8 Å². The van der Waals surface area contributed by atoms with Gasteiger partial charge < -0.3 is 19.3 Å². The molecule has 0 bridgehead atoms. The Kier molecular flexibility index (Phi) is 2.98. The first-order valence-electron chi connectivity index (χ1n) is 5.87. The first-order chi connectivity index (χ1) is 9.29. The molecule has 98 valence electrons. The van der Waals surface area contributed by atoms with Crippen LogP contribution in [-0.4, -0.2) is 47.0 Å². The summed E-state index contributed by atoms with van der Waals surface area (Å²) in [4.78, 5) is 12.5. The summed E-state index contributed by atoms with van der Waals surface area (Å²) in [5.74, 6) is 0.692. The fourth-order valence-corrected chi connectivity index (χ4v) is 1.98. The van der Waals surface area contributed by atoms with Crippen LogP contribution >= 0.6 is 0 Å². The minimum atomic E-state index is -0.838. The van der Waals surface area contributed by atoms with E-state index in [1.807, 2.05) is 29.1 Å². The standard InChI is InChI=1S/C12H13N5O2/c18-6-9(19)5-17-8-15-11-10(17)12(14-7-13-11)16-3-1-2-4-16/h1-4,7-9,18-19H,5-6H2. The van der Waals surface area contributed by atoms with Crippen LogP contribution in [0.4, 0.5) is 0 Å². The van der Waals surface area contributed by atoms with E-state index in [9.17, 15) is 5.11 Å². The van der Waals surface area contributed by atoms with Crippen molar-refractivity contribution in [1.82, 2.24) is 24.1 Å². The first-order valence-corrected chi connectivity index (χ1v) is 5.87. The van der Waals surface area contributed by atoms with E-state index in [4.69, 9.17) is 5.11 Å². The molecule has 7 heteroatoms. The second-order valence-corrected chi connectivity index (χ2v) is 4.19. The van der Waals surface area contributed by atoms with Crippen LogP contribution in [0.1, 0.15) is 0 Å². The van der Waals surface area contributed by atoms with Gasteiger partial charge in [-0.05, 0) is 12.1 Å². The van der Waals surface area contributed by atoms with Crippen molar-refractivity contribution in [2.75, 3.05) is 6.61 Å². The zero-order valence-electron chi connectivity index (χ0n) is 10.1. The third-order valence-corrected chi connectivity index (χ3v) is 2.86. The van der Waals surface area contributed by atoms with Gasteiger partial charge in [0.25, 0.3) is 0 Å². The summed E-state index contributed by atoms with van der Waals surface area (Å²) in [5.41, 5.74) is 1.29. The van der Waals surface area contributed by atoms with Gasteiger partial charge in [-0.1, -0.05) is 0 Å². The zero-order chi connectivity index (χ0) is 13.2. The lowest BCUT2D eigenvalue weighted by Gasteiger charge is -2.11. The smallest absolute Gasteiger partial charge is 0.183 e. The lowest BCUT2D eigenvalue weighted by Crippen LogP contribution is -2.19. The Morgan fingerprint density at radius 1 is 1.16 bits per heavy atom. The van der Waals surface area contributed by atoms with Crippen molar-refractivity contribution in [2.45, 2.75) is 12.6 Å². The monoisotopic (exact) mass is 259 g/mol. The summed E-state index contributed by atoms with van der Waals surface area (Å²) >= 11 is 0. The highest BCUT2D eigenvalue weighted by Gasteiger charge is 2.13. The molecular weight excluding hydrogens is 246 g/mol. The second-order valence-electron chi connectivity index (χ2n) is 4.19. The van der Waals surface area contributed by atoms with Crippen molar-refractivity contribution in [2.24, 2.45) is 0 Å². The molecule has 1 unspecified atom stereocenters. The highest BCUT2D eigenvalue weighted by molar-refractivity contribution is 5.78. The van der Waals surface area contributed by atoms with E-state index < -0.39 is 6.10 Å². The molecular formula is C12H13N5O2. The van der Waals surface area contributed by atoms with Crippen molar-refractivity contribution >= 4 is 11.2 Å².